The van der Waals surface area contributed by atoms with E-state index in [-0.39, 0.29) is 11.9 Å². The molecule has 3 heterocycles. The first-order chi connectivity index (χ1) is 12.2. The van der Waals surface area contributed by atoms with Crippen molar-refractivity contribution < 1.29 is 9.90 Å². The number of aliphatic hydroxyl groups is 1. The summed E-state index contributed by atoms with van der Waals surface area (Å²) in [5, 5.41) is 10.5. The number of likely N-dealkylation sites (N-methyl/N-ethyl adjacent to an activating group) is 1. The van der Waals surface area contributed by atoms with Gasteiger partial charge in [-0.25, -0.2) is 0 Å². The number of hydrogen-bond acceptors (Lipinski definition) is 5. The largest absolute Gasteiger partial charge is 0.390 e. The molecule has 0 saturated carbocycles. The van der Waals surface area contributed by atoms with Crippen LogP contribution in [-0.4, -0.2) is 62.6 Å². The highest BCUT2D eigenvalue weighted by Gasteiger charge is 2.37. The van der Waals surface area contributed by atoms with Crippen molar-refractivity contribution in [3.05, 3.63) is 60.2 Å². The number of rotatable bonds is 6. The molecule has 0 unspecified atom stereocenters. The number of carbonyl (C=O) groups is 1. The Morgan fingerprint density at radius 1 is 1.20 bits per heavy atom. The van der Waals surface area contributed by atoms with Crippen LogP contribution in [0.2, 0.25) is 0 Å². The number of β-amino-alcohol motifs (C(OH)–C–C–N with tert-alkyl or cyclic N) is 1. The van der Waals surface area contributed by atoms with Crippen LogP contribution in [0, 0.1) is 0 Å². The Balaban J connectivity index is 1.62. The SMILES string of the molecule is CCN(Cc1ccncc1)[C@@H]1CN(C(=O)Cc2cccnc2)C[C@H]1O. The summed E-state index contributed by atoms with van der Waals surface area (Å²) in [4.78, 5) is 24.6. The molecule has 25 heavy (non-hydrogen) atoms. The van der Waals surface area contributed by atoms with Crippen molar-refractivity contribution in [1.82, 2.24) is 19.8 Å². The first-order valence-corrected chi connectivity index (χ1v) is 8.65. The molecular formula is C19H24N4O2. The number of hydrogen-bond donors (Lipinski definition) is 1. The Morgan fingerprint density at radius 3 is 2.68 bits per heavy atom. The van der Waals surface area contributed by atoms with Crippen molar-refractivity contribution >= 4 is 5.91 Å². The van der Waals surface area contributed by atoms with E-state index in [0.29, 0.717) is 19.5 Å². The third kappa shape index (κ3) is 4.41. The summed E-state index contributed by atoms with van der Waals surface area (Å²) in [5.41, 5.74) is 2.05. The molecule has 2 aromatic rings. The first kappa shape index (κ1) is 17.5. The van der Waals surface area contributed by atoms with Crippen LogP contribution in [0.4, 0.5) is 0 Å². The molecule has 1 N–H and O–H groups in total. The van der Waals surface area contributed by atoms with Crippen LogP contribution >= 0.6 is 0 Å². The molecule has 132 valence electrons. The molecule has 0 aromatic carbocycles. The van der Waals surface area contributed by atoms with E-state index in [1.807, 2.05) is 24.3 Å². The summed E-state index contributed by atoms with van der Waals surface area (Å²) in [5.74, 6) is 0.0366. The fraction of sp³-hybridized carbons (Fsp3) is 0.421. The van der Waals surface area contributed by atoms with E-state index in [1.54, 1.807) is 29.7 Å². The molecule has 0 spiro atoms. The lowest BCUT2D eigenvalue weighted by Crippen LogP contribution is -2.43. The first-order valence-electron chi connectivity index (χ1n) is 8.65. The van der Waals surface area contributed by atoms with E-state index in [2.05, 4.69) is 21.8 Å². The van der Waals surface area contributed by atoms with Crippen molar-refractivity contribution in [2.75, 3.05) is 19.6 Å². The Bertz CT molecular complexity index is 680. The molecule has 1 aliphatic heterocycles. The number of aliphatic hydroxyl groups excluding tert-OH is 1. The van der Waals surface area contributed by atoms with Crippen LogP contribution in [0.15, 0.2) is 49.1 Å². The van der Waals surface area contributed by atoms with Crippen molar-refractivity contribution in [2.45, 2.75) is 32.0 Å². The van der Waals surface area contributed by atoms with Gasteiger partial charge in [-0.2, -0.15) is 0 Å². The van der Waals surface area contributed by atoms with Gasteiger partial charge in [0.2, 0.25) is 5.91 Å². The van der Waals surface area contributed by atoms with Crippen LogP contribution in [0.3, 0.4) is 0 Å². The maximum Gasteiger partial charge on any atom is 0.227 e. The lowest BCUT2D eigenvalue weighted by molar-refractivity contribution is -0.129. The topological polar surface area (TPSA) is 69.6 Å². The van der Waals surface area contributed by atoms with E-state index in [4.69, 9.17) is 0 Å². The van der Waals surface area contributed by atoms with Crippen LogP contribution in [0.1, 0.15) is 18.1 Å². The second kappa shape index (κ2) is 8.18. The predicted molar refractivity (Wildman–Crippen MR) is 94.6 cm³/mol. The standard InChI is InChI=1S/C19H24N4O2/c1-2-22(12-15-5-8-20-9-6-15)17-13-23(14-18(17)24)19(25)10-16-4-3-7-21-11-16/h3-9,11,17-18,24H,2,10,12-14H2,1H3/t17-,18-/m1/s1. The number of pyridine rings is 2. The number of nitrogens with zero attached hydrogens (tertiary/aromatic N) is 4. The average molecular weight is 340 g/mol. The highest BCUT2D eigenvalue weighted by atomic mass is 16.3. The highest BCUT2D eigenvalue weighted by molar-refractivity contribution is 5.79. The Hall–Kier alpha value is -2.31. The molecule has 1 saturated heterocycles. The third-order valence-electron chi connectivity index (χ3n) is 4.70. The predicted octanol–water partition coefficient (Wildman–Crippen LogP) is 1.11. The summed E-state index contributed by atoms with van der Waals surface area (Å²) >= 11 is 0. The van der Waals surface area contributed by atoms with Crippen molar-refractivity contribution in [2.24, 2.45) is 0 Å². The molecule has 3 rings (SSSR count). The van der Waals surface area contributed by atoms with Crippen molar-refractivity contribution in [3.63, 3.8) is 0 Å². The molecule has 0 radical (unpaired) electrons. The fourth-order valence-electron chi connectivity index (χ4n) is 3.31. The summed E-state index contributed by atoms with van der Waals surface area (Å²) in [6, 6.07) is 7.65. The maximum absolute atomic E-state index is 12.5. The molecule has 2 atom stereocenters. The zero-order chi connectivity index (χ0) is 17.6. The summed E-state index contributed by atoms with van der Waals surface area (Å²) in [6.07, 6.45) is 6.75. The van der Waals surface area contributed by atoms with Crippen LogP contribution in [0.5, 0.6) is 0 Å². The fourth-order valence-corrected chi connectivity index (χ4v) is 3.31. The molecule has 0 bridgehead atoms. The van der Waals surface area contributed by atoms with Crippen LogP contribution < -0.4 is 0 Å². The monoisotopic (exact) mass is 340 g/mol. The van der Waals surface area contributed by atoms with Gasteiger partial charge >= 0.3 is 0 Å². The van der Waals surface area contributed by atoms with E-state index < -0.39 is 6.10 Å². The van der Waals surface area contributed by atoms with E-state index in [9.17, 15) is 9.90 Å². The molecular weight excluding hydrogens is 316 g/mol. The molecule has 6 heteroatoms. The van der Waals surface area contributed by atoms with Gasteiger partial charge in [-0.15, -0.1) is 0 Å². The van der Waals surface area contributed by atoms with E-state index >= 15 is 0 Å². The second-order valence-electron chi connectivity index (χ2n) is 6.39. The van der Waals surface area contributed by atoms with Gasteiger partial charge in [0, 0.05) is 44.4 Å². The minimum atomic E-state index is -0.528. The van der Waals surface area contributed by atoms with Crippen LogP contribution in [-0.2, 0) is 17.8 Å². The summed E-state index contributed by atoms with van der Waals surface area (Å²) < 4.78 is 0. The van der Waals surface area contributed by atoms with Gasteiger partial charge in [0.15, 0.2) is 0 Å². The van der Waals surface area contributed by atoms with E-state index in [1.165, 1.54) is 0 Å². The number of aromatic nitrogens is 2. The smallest absolute Gasteiger partial charge is 0.227 e. The van der Waals surface area contributed by atoms with Gasteiger partial charge in [-0.05, 0) is 35.9 Å². The number of carbonyl (C=O) groups excluding carboxylic acids is 1. The van der Waals surface area contributed by atoms with Gasteiger partial charge in [0.1, 0.15) is 0 Å². The normalized spacial score (nSPS) is 20.2. The highest BCUT2D eigenvalue weighted by Crippen LogP contribution is 2.19. The van der Waals surface area contributed by atoms with E-state index in [0.717, 1.165) is 24.2 Å². The zero-order valence-electron chi connectivity index (χ0n) is 14.5. The molecule has 1 fully saturated rings. The number of amides is 1. The number of likely N-dealkylation sites (tertiary alicyclic amines) is 1. The third-order valence-corrected chi connectivity index (χ3v) is 4.70. The Morgan fingerprint density at radius 2 is 2.00 bits per heavy atom. The van der Waals surface area contributed by atoms with Gasteiger partial charge < -0.3 is 10.0 Å². The summed E-state index contributed by atoms with van der Waals surface area (Å²) in [7, 11) is 0. The van der Waals surface area contributed by atoms with Crippen molar-refractivity contribution in [3.8, 4) is 0 Å². The van der Waals surface area contributed by atoms with Gasteiger partial charge in [0.25, 0.3) is 0 Å². The lowest BCUT2D eigenvalue weighted by atomic mass is 10.1. The quantitative estimate of drug-likeness (QED) is 0.853. The lowest BCUT2D eigenvalue weighted by Gasteiger charge is -2.29. The van der Waals surface area contributed by atoms with Gasteiger partial charge in [-0.1, -0.05) is 13.0 Å². The minimum Gasteiger partial charge on any atom is -0.390 e. The molecule has 2 aromatic heterocycles. The van der Waals surface area contributed by atoms with Gasteiger partial charge in [-0.3, -0.25) is 19.7 Å². The molecule has 1 amide bonds. The molecule has 1 aliphatic rings. The minimum absolute atomic E-state index is 0.0366. The Kier molecular flexibility index (Phi) is 5.73. The van der Waals surface area contributed by atoms with Gasteiger partial charge in [0.05, 0.1) is 18.6 Å². The van der Waals surface area contributed by atoms with Crippen molar-refractivity contribution in [1.29, 1.82) is 0 Å². The zero-order valence-corrected chi connectivity index (χ0v) is 14.5. The molecule has 6 nitrogen and oxygen atoms in total. The second-order valence-corrected chi connectivity index (χ2v) is 6.39. The average Bonchev–Trinajstić information content (AvgIpc) is 3.03. The Labute approximate surface area is 148 Å². The maximum atomic E-state index is 12.5. The summed E-state index contributed by atoms with van der Waals surface area (Å²) in [6.45, 7) is 4.57. The van der Waals surface area contributed by atoms with Crippen LogP contribution in [0.25, 0.3) is 0 Å². The molecule has 0 aliphatic carbocycles.